The maximum Gasteiger partial charge on any atom is 0.135 e. The molecule has 0 unspecified atom stereocenters. The van der Waals surface area contributed by atoms with Crippen LogP contribution in [-0.4, -0.2) is 14.8 Å². The monoisotopic (exact) mass is 212 g/mol. The third kappa shape index (κ3) is 1.16. The highest BCUT2D eigenvalue weighted by Crippen LogP contribution is 2.26. The van der Waals surface area contributed by atoms with Crippen molar-refractivity contribution in [2.24, 2.45) is 7.05 Å². The summed E-state index contributed by atoms with van der Waals surface area (Å²) >= 11 is 0. The molecular formula is C12H12N4. The highest BCUT2D eigenvalue weighted by atomic mass is 15.2. The molecule has 0 saturated carbocycles. The largest absolute Gasteiger partial charge is 0.383 e. The van der Waals surface area contributed by atoms with Gasteiger partial charge in [0.1, 0.15) is 11.3 Å². The summed E-state index contributed by atoms with van der Waals surface area (Å²) in [6, 6.07) is 6.14. The van der Waals surface area contributed by atoms with E-state index in [9.17, 15) is 0 Å². The number of benzene rings is 1. The molecular weight excluding hydrogens is 200 g/mol. The van der Waals surface area contributed by atoms with Gasteiger partial charge in [-0.15, -0.1) is 0 Å². The second kappa shape index (κ2) is 2.95. The van der Waals surface area contributed by atoms with Gasteiger partial charge in [-0.1, -0.05) is 12.1 Å². The topological polar surface area (TPSA) is 56.7 Å². The lowest BCUT2D eigenvalue weighted by atomic mass is 10.1. The molecule has 0 saturated heterocycles. The van der Waals surface area contributed by atoms with E-state index in [1.54, 1.807) is 4.68 Å². The van der Waals surface area contributed by atoms with Crippen molar-refractivity contribution in [3.05, 3.63) is 30.0 Å². The van der Waals surface area contributed by atoms with Crippen molar-refractivity contribution in [2.75, 3.05) is 5.73 Å². The first-order valence-corrected chi connectivity index (χ1v) is 5.14. The first-order valence-electron chi connectivity index (χ1n) is 5.14. The third-order valence-electron chi connectivity index (χ3n) is 2.75. The molecule has 0 fully saturated rings. The number of hydrogen-bond acceptors (Lipinski definition) is 3. The molecule has 2 heterocycles. The zero-order valence-electron chi connectivity index (χ0n) is 9.23. The normalized spacial score (nSPS) is 11.4. The molecule has 16 heavy (non-hydrogen) atoms. The van der Waals surface area contributed by atoms with Gasteiger partial charge in [0.2, 0.25) is 0 Å². The Morgan fingerprint density at radius 3 is 2.88 bits per heavy atom. The standard InChI is InChI=1S/C12H12N4/c1-7-3-4-8-10(5-7)14-12(13)9-6-16(2)15-11(8)9/h3-6H,1-2H3,(H2,13,14). The van der Waals surface area contributed by atoms with E-state index in [0.717, 1.165) is 21.8 Å². The first kappa shape index (κ1) is 9.15. The van der Waals surface area contributed by atoms with Gasteiger partial charge in [-0.2, -0.15) is 5.10 Å². The minimum Gasteiger partial charge on any atom is -0.383 e. The third-order valence-corrected chi connectivity index (χ3v) is 2.75. The van der Waals surface area contributed by atoms with Gasteiger partial charge < -0.3 is 5.73 Å². The summed E-state index contributed by atoms with van der Waals surface area (Å²) in [7, 11) is 1.89. The van der Waals surface area contributed by atoms with Gasteiger partial charge in [-0.05, 0) is 18.6 Å². The fourth-order valence-electron chi connectivity index (χ4n) is 2.00. The summed E-state index contributed by atoms with van der Waals surface area (Å²) < 4.78 is 1.77. The molecule has 0 radical (unpaired) electrons. The Morgan fingerprint density at radius 2 is 2.06 bits per heavy atom. The predicted molar refractivity (Wildman–Crippen MR) is 65.2 cm³/mol. The molecule has 0 bridgehead atoms. The molecule has 0 aliphatic rings. The van der Waals surface area contributed by atoms with Crippen molar-refractivity contribution in [1.29, 1.82) is 0 Å². The van der Waals surface area contributed by atoms with Crippen LogP contribution in [0.1, 0.15) is 5.56 Å². The van der Waals surface area contributed by atoms with Crippen LogP contribution < -0.4 is 5.73 Å². The van der Waals surface area contributed by atoms with Gasteiger partial charge in [0.05, 0.1) is 10.9 Å². The number of aromatic nitrogens is 3. The minimum atomic E-state index is 0.543. The average Bonchev–Trinajstić information content (AvgIpc) is 2.60. The minimum absolute atomic E-state index is 0.543. The Hall–Kier alpha value is -2.10. The van der Waals surface area contributed by atoms with Crippen LogP contribution in [0.5, 0.6) is 0 Å². The quantitative estimate of drug-likeness (QED) is 0.620. The second-order valence-electron chi connectivity index (χ2n) is 4.08. The zero-order chi connectivity index (χ0) is 11.3. The molecule has 2 N–H and O–H groups in total. The van der Waals surface area contributed by atoms with Crippen LogP contribution in [0.3, 0.4) is 0 Å². The lowest BCUT2D eigenvalue weighted by molar-refractivity contribution is 0.780. The SMILES string of the molecule is Cc1ccc2c(c1)nc(N)c1cn(C)nc12. The molecule has 0 spiro atoms. The fourth-order valence-corrected chi connectivity index (χ4v) is 2.00. The Kier molecular flexibility index (Phi) is 1.68. The number of rotatable bonds is 0. The summed E-state index contributed by atoms with van der Waals surface area (Å²) in [5.74, 6) is 0.543. The number of pyridine rings is 1. The van der Waals surface area contributed by atoms with Crippen LogP contribution in [0.15, 0.2) is 24.4 Å². The van der Waals surface area contributed by atoms with Gasteiger partial charge >= 0.3 is 0 Å². The molecule has 4 heteroatoms. The Labute approximate surface area is 92.7 Å². The van der Waals surface area contributed by atoms with Gasteiger partial charge in [-0.3, -0.25) is 4.68 Å². The van der Waals surface area contributed by atoms with Crippen molar-refractivity contribution in [3.8, 4) is 0 Å². The summed E-state index contributed by atoms with van der Waals surface area (Å²) in [6.45, 7) is 2.04. The molecule has 2 aromatic heterocycles. The first-order chi connectivity index (χ1) is 7.65. The molecule has 80 valence electrons. The molecule has 3 rings (SSSR count). The van der Waals surface area contributed by atoms with E-state index in [2.05, 4.69) is 16.1 Å². The molecule has 0 aliphatic heterocycles. The number of fused-ring (bicyclic) bond motifs is 3. The number of hydrogen-bond donors (Lipinski definition) is 1. The van der Waals surface area contributed by atoms with Crippen LogP contribution in [0, 0.1) is 6.92 Å². The van der Waals surface area contributed by atoms with Gasteiger partial charge in [-0.25, -0.2) is 4.98 Å². The van der Waals surface area contributed by atoms with E-state index in [1.165, 1.54) is 5.56 Å². The van der Waals surface area contributed by atoms with E-state index in [4.69, 9.17) is 5.73 Å². The van der Waals surface area contributed by atoms with Crippen molar-refractivity contribution >= 4 is 27.6 Å². The van der Waals surface area contributed by atoms with Crippen molar-refractivity contribution in [2.45, 2.75) is 6.92 Å². The van der Waals surface area contributed by atoms with Crippen molar-refractivity contribution < 1.29 is 0 Å². The smallest absolute Gasteiger partial charge is 0.135 e. The Bertz CT molecular complexity index is 697. The Balaban J connectivity index is 2.57. The van der Waals surface area contributed by atoms with Crippen molar-refractivity contribution in [3.63, 3.8) is 0 Å². The van der Waals surface area contributed by atoms with E-state index in [-0.39, 0.29) is 0 Å². The number of nitrogen functional groups attached to an aromatic ring is 1. The van der Waals surface area contributed by atoms with Gasteiger partial charge in [0, 0.05) is 18.6 Å². The summed E-state index contributed by atoms with van der Waals surface area (Å²) in [6.07, 6.45) is 1.90. The van der Waals surface area contributed by atoms with E-state index >= 15 is 0 Å². The molecule has 4 nitrogen and oxygen atoms in total. The number of nitrogens with zero attached hydrogens (tertiary/aromatic N) is 3. The highest BCUT2D eigenvalue weighted by molar-refractivity contribution is 6.07. The van der Waals surface area contributed by atoms with Crippen LogP contribution >= 0.6 is 0 Å². The summed E-state index contributed by atoms with van der Waals surface area (Å²) in [5.41, 5.74) is 8.92. The van der Waals surface area contributed by atoms with E-state index in [1.807, 2.05) is 32.3 Å². The van der Waals surface area contributed by atoms with Gasteiger partial charge in [0.15, 0.2) is 0 Å². The van der Waals surface area contributed by atoms with Crippen LogP contribution in [-0.2, 0) is 7.05 Å². The van der Waals surface area contributed by atoms with Crippen LogP contribution in [0.2, 0.25) is 0 Å². The molecule has 0 aliphatic carbocycles. The highest BCUT2D eigenvalue weighted by Gasteiger charge is 2.09. The van der Waals surface area contributed by atoms with E-state index < -0.39 is 0 Å². The lowest BCUT2D eigenvalue weighted by Crippen LogP contribution is -1.92. The predicted octanol–water partition coefficient (Wildman–Crippen LogP) is 2.01. The lowest BCUT2D eigenvalue weighted by Gasteiger charge is -2.01. The maximum atomic E-state index is 5.92. The van der Waals surface area contributed by atoms with Gasteiger partial charge in [0.25, 0.3) is 0 Å². The molecule has 3 aromatic rings. The fraction of sp³-hybridized carbons (Fsp3) is 0.167. The van der Waals surface area contributed by atoms with Crippen LogP contribution in [0.4, 0.5) is 5.82 Å². The Morgan fingerprint density at radius 1 is 1.25 bits per heavy atom. The second-order valence-corrected chi connectivity index (χ2v) is 4.08. The molecule has 0 amide bonds. The molecule has 1 aromatic carbocycles. The number of nitrogens with two attached hydrogens (primary N) is 1. The maximum absolute atomic E-state index is 5.92. The molecule has 0 atom stereocenters. The summed E-state index contributed by atoms with van der Waals surface area (Å²) in [4.78, 5) is 4.40. The summed E-state index contributed by atoms with van der Waals surface area (Å²) in [5, 5.41) is 6.40. The van der Waals surface area contributed by atoms with Crippen LogP contribution in [0.25, 0.3) is 21.8 Å². The zero-order valence-corrected chi connectivity index (χ0v) is 9.23. The number of aryl methyl sites for hydroxylation is 2. The van der Waals surface area contributed by atoms with Crippen molar-refractivity contribution in [1.82, 2.24) is 14.8 Å². The van der Waals surface area contributed by atoms with E-state index in [0.29, 0.717) is 5.82 Å². The average molecular weight is 212 g/mol. The number of anilines is 1.